The van der Waals surface area contributed by atoms with Crippen molar-refractivity contribution in [3.63, 3.8) is 0 Å². The Kier molecular flexibility index (Phi) is 7.70. The normalized spacial score (nSPS) is 15.1. The van der Waals surface area contributed by atoms with Crippen LogP contribution in [0.15, 0.2) is 73.1 Å². The lowest BCUT2D eigenvalue weighted by molar-refractivity contribution is 0.0184. The molecule has 2 aromatic heterocycles. The highest BCUT2D eigenvalue weighted by atomic mass is 16.6. The van der Waals surface area contributed by atoms with E-state index < -0.39 is 23.7 Å². The van der Waals surface area contributed by atoms with Gasteiger partial charge in [-0.1, -0.05) is 36.4 Å². The van der Waals surface area contributed by atoms with E-state index in [0.29, 0.717) is 36.7 Å². The fourth-order valence-corrected chi connectivity index (χ4v) is 4.84. The number of hydrogen-bond donors (Lipinski definition) is 1. The number of aromatic nitrogens is 2. The van der Waals surface area contributed by atoms with Crippen LogP contribution in [0.5, 0.6) is 11.5 Å². The van der Waals surface area contributed by atoms with Crippen LogP contribution in [0.4, 0.5) is 4.79 Å². The number of pyridine rings is 1. The Bertz CT molecular complexity index is 1600. The van der Waals surface area contributed by atoms with Gasteiger partial charge in [-0.2, -0.15) is 0 Å². The molecule has 1 unspecified atom stereocenters. The molecule has 5 rings (SSSR count). The highest BCUT2D eigenvalue weighted by Crippen LogP contribution is 2.40. The maximum absolute atomic E-state index is 13.3. The molecule has 1 amide bonds. The SMILES string of the molecule is COc1cc2c(cc1OCc1ccccc1)CCN(C(=O)OC(C)(C)C)C2/C=C/c1cnc2cc(C(=O)O)ccn12. The smallest absolute Gasteiger partial charge is 0.411 e. The first-order valence-electron chi connectivity index (χ1n) is 13.4. The van der Waals surface area contributed by atoms with Crippen molar-refractivity contribution in [3.8, 4) is 11.5 Å². The third kappa shape index (κ3) is 6.19. The van der Waals surface area contributed by atoms with Gasteiger partial charge in [0, 0.05) is 12.7 Å². The van der Waals surface area contributed by atoms with E-state index in [9.17, 15) is 14.7 Å². The van der Waals surface area contributed by atoms with E-state index in [1.807, 2.05) is 75.4 Å². The number of carboxylic acids is 1. The molecule has 3 heterocycles. The Morgan fingerprint density at radius 3 is 2.59 bits per heavy atom. The number of aromatic carboxylic acids is 1. The van der Waals surface area contributed by atoms with E-state index in [1.165, 1.54) is 12.1 Å². The first-order valence-corrected chi connectivity index (χ1v) is 13.4. The van der Waals surface area contributed by atoms with Gasteiger partial charge < -0.3 is 23.7 Å². The van der Waals surface area contributed by atoms with E-state index in [0.717, 1.165) is 22.4 Å². The number of carbonyl (C=O) groups is 2. The summed E-state index contributed by atoms with van der Waals surface area (Å²) in [7, 11) is 1.60. The third-order valence-corrected chi connectivity index (χ3v) is 6.81. The van der Waals surface area contributed by atoms with E-state index in [4.69, 9.17) is 14.2 Å². The monoisotopic (exact) mass is 555 g/mol. The molecule has 1 aliphatic rings. The van der Waals surface area contributed by atoms with Gasteiger partial charge in [-0.05, 0) is 74.2 Å². The largest absolute Gasteiger partial charge is 0.493 e. The molecule has 1 N–H and O–H groups in total. The van der Waals surface area contributed by atoms with E-state index in [1.54, 1.807) is 28.8 Å². The molecule has 0 radical (unpaired) electrons. The highest BCUT2D eigenvalue weighted by molar-refractivity contribution is 5.88. The van der Waals surface area contributed by atoms with Crippen molar-refractivity contribution < 1.29 is 28.9 Å². The third-order valence-electron chi connectivity index (χ3n) is 6.81. The van der Waals surface area contributed by atoms with Crippen LogP contribution in [0.2, 0.25) is 0 Å². The molecule has 0 aliphatic carbocycles. The van der Waals surface area contributed by atoms with Crippen LogP contribution in [-0.2, 0) is 17.8 Å². The zero-order valence-corrected chi connectivity index (χ0v) is 23.5. The lowest BCUT2D eigenvalue weighted by Crippen LogP contribution is -2.42. The first-order chi connectivity index (χ1) is 19.6. The topological polar surface area (TPSA) is 103 Å². The zero-order chi connectivity index (χ0) is 29.1. The molecular formula is C32H33N3O6. The average Bonchev–Trinajstić information content (AvgIpc) is 3.36. The number of nitrogens with zero attached hydrogens (tertiary/aromatic N) is 3. The van der Waals surface area contributed by atoms with Gasteiger partial charge in [0.2, 0.25) is 0 Å². The van der Waals surface area contributed by atoms with E-state index >= 15 is 0 Å². The molecule has 2 aromatic carbocycles. The van der Waals surface area contributed by atoms with Crippen LogP contribution in [0.1, 0.15) is 59.6 Å². The minimum atomic E-state index is -1.01. The Hall–Kier alpha value is -4.79. The van der Waals surface area contributed by atoms with Crippen LogP contribution >= 0.6 is 0 Å². The molecule has 212 valence electrons. The van der Waals surface area contributed by atoms with Crippen LogP contribution in [0.3, 0.4) is 0 Å². The Balaban J connectivity index is 1.51. The molecule has 0 saturated heterocycles. The summed E-state index contributed by atoms with van der Waals surface area (Å²) in [4.78, 5) is 30.8. The second kappa shape index (κ2) is 11.4. The van der Waals surface area contributed by atoms with Crippen LogP contribution in [-0.4, -0.2) is 50.7 Å². The standard InChI is InChI=1S/C32H33N3O6/c1-32(2,3)41-31(38)35-15-12-22-16-28(40-20-21-8-6-5-7-9-21)27(39-4)18-25(22)26(35)11-10-24-19-33-29-17-23(30(36)37)13-14-34(24)29/h5-11,13-14,16-19,26H,12,15,20H2,1-4H3,(H,36,37)/b11-10+. The fraction of sp³-hybridized carbons (Fsp3) is 0.281. The maximum Gasteiger partial charge on any atom is 0.411 e. The molecule has 1 aliphatic heterocycles. The molecule has 0 saturated carbocycles. The van der Waals surface area contributed by atoms with Crippen molar-refractivity contribution in [2.45, 2.75) is 45.4 Å². The Morgan fingerprint density at radius 1 is 1.10 bits per heavy atom. The molecule has 0 bridgehead atoms. The summed E-state index contributed by atoms with van der Waals surface area (Å²) in [5.41, 5.74) is 3.77. The van der Waals surface area contributed by atoms with Crippen molar-refractivity contribution >= 4 is 23.8 Å². The molecular weight excluding hydrogens is 522 g/mol. The van der Waals surface area contributed by atoms with Crippen molar-refractivity contribution in [2.24, 2.45) is 0 Å². The summed E-state index contributed by atoms with van der Waals surface area (Å²) in [6, 6.07) is 16.4. The van der Waals surface area contributed by atoms with Gasteiger partial charge in [0.1, 0.15) is 17.9 Å². The van der Waals surface area contributed by atoms with Gasteiger partial charge in [0.15, 0.2) is 11.5 Å². The summed E-state index contributed by atoms with van der Waals surface area (Å²) < 4.78 is 19.4. The number of carbonyl (C=O) groups excluding carboxylic acids is 1. The molecule has 9 heteroatoms. The number of ether oxygens (including phenoxy) is 3. The second-order valence-electron chi connectivity index (χ2n) is 10.8. The zero-order valence-electron chi connectivity index (χ0n) is 23.5. The summed E-state index contributed by atoms with van der Waals surface area (Å²) in [6.07, 6.45) is 7.36. The molecule has 9 nitrogen and oxygen atoms in total. The lowest BCUT2D eigenvalue weighted by Gasteiger charge is -2.37. The van der Waals surface area contributed by atoms with Crippen molar-refractivity contribution in [1.29, 1.82) is 0 Å². The maximum atomic E-state index is 13.3. The summed E-state index contributed by atoms with van der Waals surface area (Å²) in [6.45, 7) is 6.39. The van der Waals surface area contributed by atoms with Crippen LogP contribution in [0.25, 0.3) is 11.7 Å². The number of imidazole rings is 1. The van der Waals surface area contributed by atoms with Gasteiger partial charge >= 0.3 is 12.1 Å². The summed E-state index contributed by atoms with van der Waals surface area (Å²) in [5.74, 6) is 0.195. The summed E-state index contributed by atoms with van der Waals surface area (Å²) in [5, 5.41) is 9.31. The van der Waals surface area contributed by atoms with Gasteiger partial charge in [0.25, 0.3) is 0 Å². The Labute approximate surface area is 238 Å². The van der Waals surface area contributed by atoms with Crippen LogP contribution < -0.4 is 9.47 Å². The highest BCUT2D eigenvalue weighted by Gasteiger charge is 2.33. The second-order valence-corrected chi connectivity index (χ2v) is 10.8. The molecule has 41 heavy (non-hydrogen) atoms. The number of carboxylic acid groups (broad SMARTS) is 1. The number of hydrogen-bond acceptors (Lipinski definition) is 6. The van der Waals surface area contributed by atoms with Crippen molar-refractivity contribution in [3.05, 3.63) is 101 Å². The van der Waals surface area contributed by atoms with Crippen LogP contribution in [0, 0.1) is 0 Å². The summed E-state index contributed by atoms with van der Waals surface area (Å²) >= 11 is 0. The average molecular weight is 556 g/mol. The molecule has 0 spiro atoms. The minimum absolute atomic E-state index is 0.160. The predicted octanol–water partition coefficient (Wildman–Crippen LogP) is 6.17. The fourth-order valence-electron chi connectivity index (χ4n) is 4.84. The van der Waals surface area contributed by atoms with Gasteiger partial charge in [-0.3, -0.25) is 4.90 Å². The molecule has 0 fully saturated rings. The van der Waals surface area contributed by atoms with Gasteiger partial charge in [0.05, 0.1) is 30.6 Å². The quantitative estimate of drug-likeness (QED) is 0.291. The van der Waals surface area contributed by atoms with E-state index in [2.05, 4.69) is 4.98 Å². The predicted molar refractivity (Wildman–Crippen MR) is 154 cm³/mol. The number of methoxy groups -OCH3 is 1. The lowest BCUT2D eigenvalue weighted by atomic mass is 9.91. The molecule has 4 aromatic rings. The van der Waals surface area contributed by atoms with Crippen molar-refractivity contribution in [2.75, 3.05) is 13.7 Å². The first kappa shape index (κ1) is 27.8. The minimum Gasteiger partial charge on any atom is -0.493 e. The number of benzene rings is 2. The van der Waals surface area contributed by atoms with Gasteiger partial charge in [-0.15, -0.1) is 0 Å². The number of fused-ring (bicyclic) bond motifs is 2. The number of amides is 1. The Morgan fingerprint density at radius 2 is 1.88 bits per heavy atom. The van der Waals surface area contributed by atoms with E-state index in [-0.39, 0.29) is 5.56 Å². The van der Waals surface area contributed by atoms with Gasteiger partial charge in [-0.25, -0.2) is 14.6 Å². The number of rotatable bonds is 7. The molecule has 1 atom stereocenters. The van der Waals surface area contributed by atoms with Crippen molar-refractivity contribution in [1.82, 2.24) is 14.3 Å².